The molecular weight excluding hydrogens is 353 g/mol. The van der Waals surface area contributed by atoms with Crippen LogP contribution in [-0.4, -0.2) is 54.0 Å². The second kappa shape index (κ2) is 7.54. The second-order valence-corrected chi connectivity index (χ2v) is 5.72. The molecule has 1 N–H and O–H groups in total. The normalized spacial score (nSPS) is 14.7. The van der Waals surface area contributed by atoms with E-state index >= 15 is 0 Å². The lowest BCUT2D eigenvalue weighted by atomic mass is 10.1. The minimum absolute atomic E-state index is 0.109. The zero-order chi connectivity index (χ0) is 19.5. The van der Waals surface area contributed by atoms with Crippen molar-refractivity contribution in [3.05, 3.63) is 29.8 Å². The summed E-state index contributed by atoms with van der Waals surface area (Å²) in [5.41, 5.74) is -1.25. The van der Waals surface area contributed by atoms with Crippen LogP contribution in [0.4, 0.5) is 18.9 Å². The van der Waals surface area contributed by atoms with Gasteiger partial charge in [0.05, 0.1) is 17.8 Å². The molecule has 0 spiro atoms. The topological polar surface area (TPSA) is 82.1 Å². The Balaban J connectivity index is 2.03. The van der Waals surface area contributed by atoms with Crippen molar-refractivity contribution in [2.45, 2.75) is 19.0 Å². The number of hydrogen-bond acceptors (Lipinski definition) is 4. The standard InChI is InChI=1S/C16H17F3N4O3/c1-22(15(26)12-7-8-14(25)23(2)21-12)9-13(24)20-11-6-4-3-5-10(11)16(17,18)19/h3-6H,7-9H2,1-2H3,(H,20,24). The molecule has 2 rings (SSSR count). The van der Waals surface area contributed by atoms with Crippen LogP contribution in [0.15, 0.2) is 29.4 Å². The Labute approximate surface area is 147 Å². The molecule has 0 bridgehead atoms. The van der Waals surface area contributed by atoms with E-state index in [2.05, 4.69) is 10.4 Å². The fraction of sp³-hybridized carbons (Fsp3) is 0.375. The lowest BCUT2D eigenvalue weighted by molar-refractivity contribution is -0.137. The number of hydrazone groups is 1. The molecule has 1 aromatic rings. The number of nitrogens with zero attached hydrogens (tertiary/aromatic N) is 3. The molecule has 0 saturated carbocycles. The molecule has 7 nitrogen and oxygen atoms in total. The zero-order valence-electron chi connectivity index (χ0n) is 14.1. The van der Waals surface area contributed by atoms with E-state index in [0.717, 1.165) is 22.0 Å². The van der Waals surface area contributed by atoms with Crippen molar-refractivity contribution in [3.63, 3.8) is 0 Å². The van der Waals surface area contributed by atoms with Gasteiger partial charge in [0, 0.05) is 26.9 Å². The maximum absolute atomic E-state index is 12.9. The van der Waals surface area contributed by atoms with Crippen LogP contribution in [0.1, 0.15) is 18.4 Å². The van der Waals surface area contributed by atoms with Gasteiger partial charge in [-0.3, -0.25) is 14.4 Å². The average Bonchev–Trinajstić information content (AvgIpc) is 2.56. The molecule has 3 amide bonds. The summed E-state index contributed by atoms with van der Waals surface area (Å²) in [5, 5.41) is 7.06. The quantitative estimate of drug-likeness (QED) is 0.876. The molecule has 0 atom stereocenters. The number of rotatable bonds is 4. The first-order valence-electron chi connectivity index (χ1n) is 7.65. The van der Waals surface area contributed by atoms with Crippen molar-refractivity contribution < 1.29 is 27.6 Å². The molecular formula is C16H17F3N4O3. The zero-order valence-corrected chi connectivity index (χ0v) is 14.1. The molecule has 140 valence electrons. The van der Waals surface area contributed by atoms with Gasteiger partial charge < -0.3 is 10.2 Å². The summed E-state index contributed by atoms with van der Waals surface area (Å²) in [5.74, 6) is -1.58. The van der Waals surface area contributed by atoms with Gasteiger partial charge in [-0.25, -0.2) is 5.01 Å². The number of anilines is 1. The van der Waals surface area contributed by atoms with Crippen LogP contribution in [0, 0.1) is 0 Å². The highest BCUT2D eigenvalue weighted by molar-refractivity contribution is 6.39. The predicted molar refractivity (Wildman–Crippen MR) is 87.1 cm³/mol. The molecule has 0 radical (unpaired) electrons. The van der Waals surface area contributed by atoms with E-state index < -0.39 is 30.1 Å². The summed E-state index contributed by atoms with van der Waals surface area (Å²) in [6.07, 6.45) is -4.34. The predicted octanol–water partition coefficient (Wildman–Crippen LogP) is 1.71. The number of nitrogens with one attached hydrogen (secondary N) is 1. The summed E-state index contributed by atoms with van der Waals surface area (Å²) in [6, 6.07) is 4.57. The van der Waals surface area contributed by atoms with Crippen LogP contribution < -0.4 is 5.32 Å². The number of benzene rings is 1. The largest absolute Gasteiger partial charge is 0.418 e. The number of para-hydroxylation sites is 1. The fourth-order valence-electron chi connectivity index (χ4n) is 2.36. The van der Waals surface area contributed by atoms with E-state index in [4.69, 9.17) is 0 Å². The van der Waals surface area contributed by atoms with E-state index in [-0.39, 0.29) is 30.1 Å². The van der Waals surface area contributed by atoms with Gasteiger partial charge in [-0.05, 0) is 12.1 Å². The highest BCUT2D eigenvalue weighted by atomic mass is 19.4. The Kier molecular flexibility index (Phi) is 5.63. The maximum atomic E-state index is 12.9. The van der Waals surface area contributed by atoms with Crippen LogP contribution in [0.25, 0.3) is 0 Å². The highest BCUT2D eigenvalue weighted by Gasteiger charge is 2.33. The molecule has 0 aliphatic carbocycles. The molecule has 0 saturated heterocycles. The smallest absolute Gasteiger partial charge is 0.331 e. The van der Waals surface area contributed by atoms with E-state index in [1.54, 1.807) is 0 Å². The third-order valence-corrected chi connectivity index (χ3v) is 3.69. The van der Waals surface area contributed by atoms with Crippen molar-refractivity contribution in [2.24, 2.45) is 5.10 Å². The van der Waals surface area contributed by atoms with E-state index in [1.807, 2.05) is 0 Å². The highest BCUT2D eigenvalue weighted by Crippen LogP contribution is 2.34. The molecule has 0 aromatic heterocycles. The third kappa shape index (κ3) is 4.58. The van der Waals surface area contributed by atoms with E-state index in [9.17, 15) is 27.6 Å². The van der Waals surface area contributed by atoms with Crippen molar-refractivity contribution in [3.8, 4) is 0 Å². The number of likely N-dealkylation sites (N-methyl/N-ethyl adjacent to an activating group) is 1. The Hall–Kier alpha value is -2.91. The van der Waals surface area contributed by atoms with E-state index in [0.29, 0.717) is 0 Å². The molecule has 10 heteroatoms. The van der Waals surface area contributed by atoms with Crippen LogP contribution >= 0.6 is 0 Å². The van der Waals surface area contributed by atoms with Crippen molar-refractivity contribution >= 4 is 29.1 Å². The average molecular weight is 370 g/mol. The van der Waals surface area contributed by atoms with Crippen molar-refractivity contribution in [1.29, 1.82) is 0 Å². The van der Waals surface area contributed by atoms with Crippen LogP contribution in [0.3, 0.4) is 0 Å². The number of hydrogen-bond donors (Lipinski definition) is 1. The molecule has 1 aromatic carbocycles. The number of carbonyl (C=O) groups is 3. The Morgan fingerprint density at radius 3 is 2.54 bits per heavy atom. The van der Waals surface area contributed by atoms with Gasteiger partial charge in [-0.2, -0.15) is 18.3 Å². The van der Waals surface area contributed by atoms with Gasteiger partial charge in [0.1, 0.15) is 5.71 Å². The molecule has 0 unspecified atom stereocenters. The van der Waals surface area contributed by atoms with Gasteiger partial charge >= 0.3 is 6.18 Å². The van der Waals surface area contributed by atoms with Crippen molar-refractivity contribution in [2.75, 3.05) is 26.0 Å². The number of alkyl halides is 3. The first-order valence-corrected chi connectivity index (χ1v) is 7.65. The summed E-state index contributed by atoms with van der Waals surface area (Å²) < 4.78 is 38.8. The van der Waals surface area contributed by atoms with E-state index in [1.165, 1.54) is 26.2 Å². The van der Waals surface area contributed by atoms with Gasteiger partial charge in [0.15, 0.2) is 0 Å². The molecule has 0 fully saturated rings. The Morgan fingerprint density at radius 1 is 1.27 bits per heavy atom. The lowest BCUT2D eigenvalue weighted by Crippen LogP contribution is -2.42. The fourth-order valence-corrected chi connectivity index (χ4v) is 2.36. The summed E-state index contributed by atoms with van der Waals surface area (Å²) >= 11 is 0. The molecule has 26 heavy (non-hydrogen) atoms. The van der Waals surface area contributed by atoms with Crippen LogP contribution in [0.2, 0.25) is 0 Å². The Bertz CT molecular complexity index is 761. The monoisotopic (exact) mass is 370 g/mol. The summed E-state index contributed by atoms with van der Waals surface area (Å²) in [6.45, 7) is -0.457. The van der Waals surface area contributed by atoms with Gasteiger partial charge in [0.2, 0.25) is 11.8 Å². The molecule has 1 aliphatic heterocycles. The lowest BCUT2D eigenvalue weighted by Gasteiger charge is -2.23. The minimum atomic E-state index is -4.61. The molecule has 1 aliphatic rings. The Morgan fingerprint density at radius 2 is 1.92 bits per heavy atom. The van der Waals surface area contributed by atoms with Crippen LogP contribution in [0.5, 0.6) is 0 Å². The van der Waals surface area contributed by atoms with Crippen LogP contribution in [-0.2, 0) is 20.6 Å². The van der Waals surface area contributed by atoms with Gasteiger partial charge in [-0.1, -0.05) is 12.1 Å². The molecule has 1 heterocycles. The van der Waals surface area contributed by atoms with Gasteiger partial charge in [0.25, 0.3) is 5.91 Å². The summed E-state index contributed by atoms with van der Waals surface area (Å²) in [4.78, 5) is 36.7. The van der Waals surface area contributed by atoms with Crippen molar-refractivity contribution in [1.82, 2.24) is 9.91 Å². The minimum Gasteiger partial charge on any atom is -0.331 e. The SMILES string of the molecule is CN(CC(=O)Nc1ccccc1C(F)(F)F)C(=O)C1=NN(C)C(=O)CC1. The first-order chi connectivity index (χ1) is 12.1. The third-order valence-electron chi connectivity index (χ3n) is 3.69. The number of amides is 3. The number of carbonyl (C=O) groups excluding carboxylic acids is 3. The second-order valence-electron chi connectivity index (χ2n) is 5.72. The van der Waals surface area contributed by atoms with Gasteiger partial charge in [-0.15, -0.1) is 0 Å². The summed E-state index contributed by atoms with van der Waals surface area (Å²) in [7, 11) is 2.74. The first kappa shape index (κ1) is 19.4. The number of halogens is 3. The maximum Gasteiger partial charge on any atom is 0.418 e.